The quantitative estimate of drug-likeness (QED) is 0.831. The number of rotatable bonds is 2. The van der Waals surface area contributed by atoms with Crippen molar-refractivity contribution in [3.63, 3.8) is 0 Å². The van der Waals surface area contributed by atoms with Crippen molar-refractivity contribution in [1.82, 2.24) is 9.78 Å². The van der Waals surface area contributed by atoms with Crippen LogP contribution in [0.2, 0.25) is 0 Å². The topological polar surface area (TPSA) is 84.6 Å². The number of esters is 1. The van der Waals surface area contributed by atoms with Crippen LogP contribution in [0, 0.1) is 6.92 Å². The van der Waals surface area contributed by atoms with Crippen molar-refractivity contribution in [3.8, 4) is 0 Å². The summed E-state index contributed by atoms with van der Waals surface area (Å²) in [5.41, 5.74) is 2.20. The van der Waals surface area contributed by atoms with Gasteiger partial charge in [0.1, 0.15) is 0 Å². The van der Waals surface area contributed by atoms with E-state index in [1.54, 1.807) is 12.1 Å². The van der Waals surface area contributed by atoms with Gasteiger partial charge in [0.2, 0.25) is 0 Å². The Morgan fingerprint density at radius 2 is 2.15 bits per heavy atom. The van der Waals surface area contributed by atoms with E-state index in [2.05, 4.69) is 5.10 Å². The lowest BCUT2D eigenvalue weighted by Crippen LogP contribution is -2.35. The van der Waals surface area contributed by atoms with Gasteiger partial charge in [0.05, 0.1) is 41.4 Å². The van der Waals surface area contributed by atoms with Crippen LogP contribution in [0.4, 0.5) is 0 Å². The van der Waals surface area contributed by atoms with E-state index in [9.17, 15) is 13.9 Å². The number of aromatic nitrogens is 2. The van der Waals surface area contributed by atoms with E-state index in [4.69, 9.17) is 4.74 Å². The minimum absolute atomic E-state index is 0.0141. The van der Waals surface area contributed by atoms with E-state index < -0.39 is 10.6 Å². The summed E-state index contributed by atoms with van der Waals surface area (Å²) < 4.78 is 25.6. The Balaban J connectivity index is 2.02. The molecule has 2 N–H and O–H groups in total. The van der Waals surface area contributed by atoms with Gasteiger partial charge in [-0.15, -0.1) is 0 Å². The highest BCUT2D eigenvalue weighted by molar-refractivity contribution is 8.25. The Morgan fingerprint density at radius 1 is 1.45 bits per heavy atom. The summed E-state index contributed by atoms with van der Waals surface area (Å²) in [4.78, 5) is 11.5. The number of nitrogens with zero attached hydrogens (tertiary/aromatic N) is 2. The van der Waals surface area contributed by atoms with E-state index in [-0.39, 0.29) is 12.0 Å². The Bertz CT molecular complexity index is 687. The first kappa shape index (κ1) is 13.4. The van der Waals surface area contributed by atoms with Crippen molar-refractivity contribution in [1.29, 1.82) is 0 Å². The first-order valence-electron chi connectivity index (χ1n) is 6.22. The second kappa shape index (κ2) is 4.47. The smallest absolute Gasteiger partial charge is 0.337 e. The number of benzene rings is 1. The summed E-state index contributed by atoms with van der Waals surface area (Å²) in [6.45, 7) is 1.87. The van der Waals surface area contributed by atoms with Crippen LogP contribution in [-0.2, 0) is 4.74 Å². The lowest BCUT2D eigenvalue weighted by molar-refractivity contribution is 0.0601. The number of carbonyl (C=O) groups excluding carboxylic acids is 1. The van der Waals surface area contributed by atoms with Gasteiger partial charge in [-0.1, -0.05) is 0 Å². The average Bonchev–Trinajstić information content (AvgIpc) is 2.72. The third-order valence-corrected chi connectivity index (χ3v) is 5.41. The molecule has 3 rings (SSSR count). The highest BCUT2D eigenvalue weighted by atomic mass is 32.3. The van der Waals surface area contributed by atoms with Crippen LogP contribution in [0.1, 0.15) is 22.1 Å². The van der Waals surface area contributed by atoms with Gasteiger partial charge in [-0.25, -0.2) is 4.79 Å². The summed E-state index contributed by atoms with van der Waals surface area (Å²) in [7, 11) is -1.05. The number of aryl methyl sites for hydroxylation is 1. The van der Waals surface area contributed by atoms with Gasteiger partial charge in [0, 0.05) is 5.39 Å². The van der Waals surface area contributed by atoms with Crippen LogP contribution in [0.3, 0.4) is 0 Å². The van der Waals surface area contributed by atoms with Crippen LogP contribution < -0.4 is 0 Å². The minimum Gasteiger partial charge on any atom is -0.465 e. The zero-order valence-corrected chi connectivity index (χ0v) is 12.1. The molecule has 2 aromatic rings. The minimum atomic E-state index is -2.40. The monoisotopic (exact) mass is 296 g/mol. The van der Waals surface area contributed by atoms with Crippen LogP contribution in [0.5, 0.6) is 0 Å². The molecule has 0 aliphatic carbocycles. The zero-order valence-electron chi connectivity index (χ0n) is 11.2. The molecule has 0 bridgehead atoms. The number of hydrogen-bond acceptors (Lipinski definition) is 5. The van der Waals surface area contributed by atoms with Crippen molar-refractivity contribution in [2.24, 2.45) is 0 Å². The van der Waals surface area contributed by atoms with E-state index in [1.165, 1.54) is 7.11 Å². The number of methoxy groups -OCH3 is 1. The maximum absolute atomic E-state index is 11.5. The maximum atomic E-state index is 11.5. The molecule has 1 aromatic carbocycles. The molecule has 6 nitrogen and oxygen atoms in total. The summed E-state index contributed by atoms with van der Waals surface area (Å²) >= 11 is 0. The van der Waals surface area contributed by atoms with E-state index in [1.807, 2.05) is 17.7 Å². The van der Waals surface area contributed by atoms with Crippen molar-refractivity contribution >= 4 is 27.5 Å². The first-order valence-corrected chi connectivity index (χ1v) is 8.10. The molecule has 7 heteroatoms. The van der Waals surface area contributed by atoms with E-state index >= 15 is 0 Å². The fraction of sp³-hybridized carbons (Fsp3) is 0.385. The molecule has 108 valence electrons. The summed E-state index contributed by atoms with van der Waals surface area (Å²) in [5.74, 6) is 0.320. The number of ether oxygens (including phenoxy) is 1. The molecule has 1 aromatic heterocycles. The van der Waals surface area contributed by atoms with Gasteiger partial charge in [-0.05, 0) is 25.1 Å². The predicted molar refractivity (Wildman–Crippen MR) is 77.4 cm³/mol. The third-order valence-electron chi connectivity index (χ3n) is 3.58. The molecule has 1 saturated heterocycles. The number of fused-ring (bicyclic) bond motifs is 1. The van der Waals surface area contributed by atoms with Crippen LogP contribution in [-0.4, -0.2) is 43.5 Å². The fourth-order valence-electron chi connectivity index (χ4n) is 2.53. The van der Waals surface area contributed by atoms with Crippen molar-refractivity contribution < 1.29 is 18.6 Å². The molecule has 1 fully saturated rings. The second-order valence-electron chi connectivity index (χ2n) is 5.04. The van der Waals surface area contributed by atoms with Crippen molar-refractivity contribution in [2.75, 3.05) is 18.6 Å². The molecular weight excluding hydrogens is 280 g/mol. The highest BCUT2D eigenvalue weighted by Gasteiger charge is 2.36. The lowest BCUT2D eigenvalue weighted by atomic mass is 10.1. The molecule has 2 heterocycles. The molecule has 1 aliphatic rings. The molecule has 0 saturated carbocycles. The Hall–Kier alpha value is -1.57. The van der Waals surface area contributed by atoms with E-state index in [0.29, 0.717) is 17.1 Å². The van der Waals surface area contributed by atoms with Gasteiger partial charge in [-0.2, -0.15) is 15.7 Å². The Kier molecular flexibility index (Phi) is 3.00. The zero-order chi connectivity index (χ0) is 14.5. The summed E-state index contributed by atoms with van der Waals surface area (Å²) in [5, 5.41) is 5.34. The molecule has 0 atom stereocenters. The lowest BCUT2D eigenvalue weighted by Gasteiger charge is -2.47. The fourth-order valence-corrected chi connectivity index (χ4v) is 3.94. The molecule has 20 heavy (non-hydrogen) atoms. The highest BCUT2D eigenvalue weighted by Crippen LogP contribution is 2.54. The molecule has 0 radical (unpaired) electrons. The molecular formula is C13H16N2O4S. The normalized spacial score (nSPS) is 19.6. The molecule has 0 unspecified atom stereocenters. The van der Waals surface area contributed by atoms with Crippen LogP contribution in [0.25, 0.3) is 10.9 Å². The number of hydrogen-bond donors (Lipinski definition) is 2. The summed E-state index contributed by atoms with van der Waals surface area (Å²) in [6, 6.07) is 5.30. The average molecular weight is 296 g/mol. The van der Waals surface area contributed by atoms with Gasteiger partial charge in [0.15, 0.2) is 0 Å². The largest absolute Gasteiger partial charge is 0.465 e. The van der Waals surface area contributed by atoms with Gasteiger partial charge in [0.25, 0.3) is 0 Å². The summed E-state index contributed by atoms with van der Waals surface area (Å²) in [6.07, 6.45) is 0. The number of carbonyl (C=O) groups is 1. The van der Waals surface area contributed by atoms with Gasteiger partial charge >= 0.3 is 5.97 Å². The van der Waals surface area contributed by atoms with Crippen molar-refractivity contribution in [2.45, 2.75) is 13.0 Å². The van der Waals surface area contributed by atoms with Crippen LogP contribution >= 0.6 is 10.6 Å². The Labute approximate surface area is 117 Å². The van der Waals surface area contributed by atoms with Gasteiger partial charge in [-0.3, -0.25) is 13.8 Å². The SMILES string of the molecule is COC(=O)c1ccc2c(c1)c(C)nn2C1CS(O)(O)C1. The first-order chi connectivity index (χ1) is 9.41. The molecule has 0 amide bonds. The Morgan fingerprint density at radius 3 is 2.75 bits per heavy atom. The van der Waals surface area contributed by atoms with Crippen LogP contribution in [0.15, 0.2) is 18.2 Å². The molecule has 1 aliphatic heterocycles. The van der Waals surface area contributed by atoms with Gasteiger partial charge < -0.3 is 4.74 Å². The third kappa shape index (κ3) is 2.07. The van der Waals surface area contributed by atoms with Crippen molar-refractivity contribution in [3.05, 3.63) is 29.5 Å². The predicted octanol–water partition coefficient (Wildman–Crippen LogP) is 2.44. The maximum Gasteiger partial charge on any atom is 0.337 e. The standard InChI is InChI=1S/C13H16N2O4S/c1-8-11-5-9(13(16)19-2)3-4-12(11)15(14-8)10-6-20(17,18)7-10/h3-5,10,17-18H,6-7H2,1-2H3. The van der Waals surface area contributed by atoms with E-state index in [0.717, 1.165) is 16.6 Å². The second-order valence-corrected chi connectivity index (χ2v) is 7.31. The molecule has 0 spiro atoms.